The van der Waals surface area contributed by atoms with Crippen LogP contribution in [0, 0.1) is 17.6 Å². The van der Waals surface area contributed by atoms with Crippen molar-refractivity contribution in [3.8, 4) is 0 Å². The highest BCUT2D eigenvalue weighted by Crippen LogP contribution is 2.19. The van der Waals surface area contributed by atoms with Gasteiger partial charge in [0, 0.05) is 25.2 Å². The molecule has 0 aliphatic carbocycles. The summed E-state index contributed by atoms with van der Waals surface area (Å²) in [7, 11) is 0. The minimum Gasteiger partial charge on any atom is -0.338 e. The molecule has 4 amide bonds. The third kappa shape index (κ3) is 5.86. The number of halogens is 2. The van der Waals surface area contributed by atoms with Crippen molar-refractivity contribution in [1.82, 2.24) is 15.5 Å². The van der Waals surface area contributed by atoms with Gasteiger partial charge < -0.3 is 20.9 Å². The van der Waals surface area contributed by atoms with E-state index in [9.17, 15) is 18.4 Å². The zero-order chi connectivity index (χ0) is 19.3. The number of carbonyl (C=O) groups is 2. The number of hydrogen-bond acceptors (Lipinski definition) is 2. The number of carbonyl (C=O) groups excluding carboxylic acids is 2. The van der Waals surface area contributed by atoms with E-state index in [1.807, 2.05) is 20.8 Å². The SMILES string of the molecule is CC(C)(C)NC(=O)N1CCC(CNC(=O)Nc2c(F)cccc2F)CC1. The summed E-state index contributed by atoms with van der Waals surface area (Å²) in [5.41, 5.74) is -0.742. The predicted molar refractivity (Wildman–Crippen MR) is 96.0 cm³/mol. The van der Waals surface area contributed by atoms with Crippen LogP contribution in [-0.2, 0) is 0 Å². The van der Waals surface area contributed by atoms with Crippen molar-refractivity contribution < 1.29 is 18.4 Å². The lowest BCUT2D eigenvalue weighted by Crippen LogP contribution is -2.51. The standard InChI is InChI=1S/C18H26F2N4O2/c1-18(2,3)23-17(26)24-9-7-12(8-10-24)11-21-16(25)22-15-13(19)5-4-6-14(15)20/h4-6,12H,7-11H2,1-3H3,(H,23,26)(H2,21,22,25). The topological polar surface area (TPSA) is 73.5 Å². The van der Waals surface area contributed by atoms with Crippen molar-refractivity contribution in [2.75, 3.05) is 25.0 Å². The number of anilines is 1. The molecule has 8 heteroatoms. The van der Waals surface area contributed by atoms with Gasteiger partial charge >= 0.3 is 12.1 Å². The van der Waals surface area contributed by atoms with E-state index in [0.717, 1.165) is 25.0 Å². The van der Waals surface area contributed by atoms with Crippen LogP contribution in [0.15, 0.2) is 18.2 Å². The summed E-state index contributed by atoms with van der Waals surface area (Å²) in [5.74, 6) is -1.43. The molecule has 1 aromatic carbocycles. The maximum atomic E-state index is 13.5. The first-order valence-corrected chi connectivity index (χ1v) is 8.71. The maximum Gasteiger partial charge on any atom is 0.319 e. The molecular weight excluding hydrogens is 342 g/mol. The second kappa shape index (κ2) is 8.33. The Bertz CT molecular complexity index is 633. The van der Waals surface area contributed by atoms with Gasteiger partial charge in [0.2, 0.25) is 0 Å². The Morgan fingerprint density at radius 2 is 1.73 bits per heavy atom. The molecular formula is C18H26F2N4O2. The molecule has 6 nitrogen and oxygen atoms in total. The van der Waals surface area contributed by atoms with E-state index in [1.165, 1.54) is 6.07 Å². The molecule has 26 heavy (non-hydrogen) atoms. The number of piperidine rings is 1. The Morgan fingerprint density at radius 3 is 2.27 bits per heavy atom. The summed E-state index contributed by atoms with van der Waals surface area (Å²) in [5, 5.41) is 7.76. The summed E-state index contributed by atoms with van der Waals surface area (Å²) in [6.07, 6.45) is 1.51. The molecule has 0 radical (unpaired) electrons. The minimum absolute atomic E-state index is 0.0864. The number of nitrogens with one attached hydrogen (secondary N) is 3. The average Bonchev–Trinajstić information content (AvgIpc) is 2.55. The molecule has 1 aromatic rings. The molecule has 0 bridgehead atoms. The zero-order valence-electron chi connectivity index (χ0n) is 15.4. The second-order valence-corrected chi connectivity index (χ2v) is 7.54. The highest BCUT2D eigenvalue weighted by Gasteiger charge is 2.25. The van der Waals surface area contributed by atoms with Crippen molar-refractivity contribution >= 4 is 17.7 Å². The Balaban J connectivity index is 1.74. The van der Waals surface area contributed by atoms with E-state index in [1.54, 1.807) is 4.90 Å². The first-order valence-electron chi connectivity index (χ1n) is 8.71. The van der Waals surface area contributed by atoms with Crippen LogP contribution in [-0.4, -0.2) is 42.1 Å². The Hall–Kier alpha value is -2.38. The fraction of sp³-hybridized carbons (Fsp3) is 0.556. The van der Waals surface area contributed by atoms with Crippen LogP contribution < -0.4 is 16.0 Å². The molecule has 1 aliphatic heterocycles. The number of amides is 4. The van der Waals surface area contributed by atoms with E-state index >= 15 is 0 Å². The van der Waals surface area contributed by atoms with Gasteiger partial charge in [-0.05, 0) is 51.7 Å². The van der Waals surface area contributed by atoms with E-state index in [-0.39, 0.29) is 17.5 Å². The normalized spacial score (nSPS) is 15.5. The lowest BCUT2D eigenvalue weighted by Gasteiger charge is -2.34. The third-order valence-electron chi connectivity index (χ3n) is 4.14. The summed E-state index contributed by atoms with van der Waals surface area (Å²) in [4.78, 5) is 25.7. The van der Waals surface area contributed by atoms with Crippen LogP contribution in [0.2, 0.25) is 0 Å². The van der Waals surface area contributed by atoms with Gasteiger partial charge in [0.25, 0.3) is 0 Å². The van der Waals surface area contributed by atoms with Crippen LogP contribution in [0.3, 0.4) is 0 Å². The van der Waals surface area contributed by atoms with Crippen LogP contribution in [0.25, 0.3) is 0 Å². The number of hydrogen-bond donors (Lipinski definition) is 3. The molecule has 0 unspecified atom stereocenters. The van der Waals surface area contributed by atoms with Gasteiger partial charge in [-0.2, -0.15) is 0 Å². The van der Waals surface area contributed by atoms with E-state index in [4.69, 9.17) is 0 Å². The molecule has 0 spiro atoms. The summed E-state index contributed by atoms with van der Waals surface area (Å²) in [6.45, 7) is 7.39. The van der Waals surface area contributed by atoms with E-state index in [0.29, 0.717) is 19.6 Å². The summed E-state index contributed by atoms with van der Waals surface area (Å²) in [6, 6.07) is 2.66. The van der Waals surface area contributed by atoms with Gasteiger partial charge in [-0.15, -0.1) is 0 Å². The van der Waals surface area contributed by atoms with Gasteiger partial charge in [-0.25, -0.2) is 18.4 Å². The first-order chi connectivity index (χ1) is 12.2. The fourth-order valence-corrected chi connectivity index (χ4v) is 2.75. The molecule has 2 rings (SSSR count). The highest BCUT2D eigenvalue weighted by molar-refractivity contribution is 5.89. The lowest BCUT2D eigenvalue weighted by molar-refractivity contribution is 0.162. The van der Waals surface area contributed by atoms with Crippen LogP contribution in [0.1, 0.15) is 33.6 Å². The monoisotopic (exact) mass is 368 g/mol. The van der Waals surface area contributed by atoms with Crippen molar-refractivity contribution in [3.05, 3.63) is 29.8 Å². The second-order valence-electron chi connectivity index (χ2n) is 7.54. The molecule has 0 aromatic heterocycles. The van der Waals surface area contributed by atoms with Crippen LogP contribution in [0.5, 0.6) is 0 Å². The van der Waals surface area contributed by atoms with E-state index < -0.39 is 23.4 Å². The molecule has 1 heterocycles. The van der Waals surface area contributed by atoms with Gasteiger partial charge in [-0.1, -0.05) is 6.07 Å². The molecule has 1 fully saturated rings. The number of likely N-dealkylation sites (tertiary alicyclic amines) is 1. The maximum absolute atomic E-state index is 13.5. The summed E-state index contributed by atoms with van der Waals surface area (Å²) >= 11 is 0. The minimum atomic E-state index is -0.821. The van der Waals surface area contributed by atoms with Crippen molar-refractivity contribution in [1.29, 1.82) is 0 Å². The smallest absolute Gasteiger partial charge is 0.319 e. The van der Waals surface area contributed by atoms with Crippen LogP contribution >= 0.6 is 0 Å². The van der Waals surface area contributed by atoms with Gasteiger partial charge in [0.1, 0.15) is 17.3 Å². The number of nitrogens with zero attached hydrogens (tertiary/aromatic N) is 1. The largest absolute Gasteiger partial charge is 0.338 e. The predicted octanol–water partition coefficient (Wildman–Crippen LogP) is 3.31. The highest BCUT2D eigenvalue weighted by atomic mass is 19.1. The quantitative estimate of drug-likeness (QED) is 0.766. The van der Waals surface area contributed by atoms with Crippen molar-refractivity contribution in [2.24, 2.45) is 5.92 Å². The van der Waals surface area contributed by atoms with E-state index in [2.05, 4.69) is 16.0 Å². The number of benzene rings is 1. The first kappa shape index (κ1) is 19.9. The summed E-state index contributed by atoms with van der Waals surface area (Å²) < 4.78 is 27.0. The number of urea groups is 2. The van der Waals surface area contributed by atoms with Gasteiger partial charge in [0.15, 0.2) is 0 Å². The zero-order valence-corrected chi connectivity index (χ0v) is 15.4. The van der Waals surface area contributed by atoms with Crippen molar-refractivity contribution in [2.45, 2.75) is 39.2 Å². The Labute approximate surface area is 152 Å². The van der Waals surface area contributed by atoms with Gasteiger partial charge in [-0.3, -0.25) is 0 Å². The molecule has 3 N–H and O–H groups in total. The Kier molecular flexibility index (Phi) is 6.39. The van der Waals surface area contributed by atoms with Gasteiger partial charge in [0.05, 0.1) is 0 Å². The number of rotatable bonds is 3. The molecule has 144 valence electrons. The molecule has 1 aliphatic rings. The fourth-order valence-electron chi connectivity index (χ4n) is 2.75. The average molecular weight is 368 g/mol. The Morgan fingerprint density at radius 1 is 1.15 bits per heavy atom. The molecule has 0 saturated carbocycles. The molecule has 0 atom stereocenters. The van der Waals surface area contributed by atoms with Crippen molar-refractivity contribution in [3.63, 3.8) is 0 Å². The number of para-hydroxylation sites is 1. The third-order valence-corrected chi connectivity index (χ3v) is 4.14. The van der Waals surface area contributed by atoms with Crippen LogP contribution in [0.4, 0.5) is 24.1 Å². The lowest BCUT2D eigenvalue weighted by atomic mass is 9.97. The molecule has 1 saturated heterocycles.